The number of nitrogens with zero attached hydrogens (tertiary/aromatic N) is 1. The van der Waals surface area contributed by atoms with Crippen LogP contribution in [0.2, 0.25) is 0 Å². The Labute approximate surface area is 113 Å². The zero-order valence-corrected chi connectivity index (χ0v) is 11.1. The number of rotatable bonds is 2. The Morgan fingerprint density at radius 2 is 1.95 bits per heavy atom. The molecule has 2 heterocycles. The fourth-order valence-corrected chi connectivity index (χ4v) is 3.52. The van der Waals surface area contributed by atoms with Crippen LogP contribution in [0, 0.1) is 4.77 Å². The maximum atomic E-state index is 12.4. The summed E-state index contributed by atoms with van der Waals surface area (Å²) in [5.74, 6) is -0.301. The highest BCUT2D eigenvalue weighted by atomic mass is 32.2. The van der Waals surface area contributed by atoms with Crippen LogP contribution in [0.4, 0.5) is 0 Å². The van der Waals surface area contributed by atoms with Gasteiger partial charge in [-0.25, -0.2) is 3.97 Å². The summed E-state index contributed by atoms with van der Waals surface area (Å²) in [6, 6.07) is 8.74. The molecule has 0 amide bonds. The first kappa shape index (κ1) is 12.0. The van der Waals surface area contributed by atoms with Crippen LogP contribution < -0.4 is 0 Å². The minimum Gasteiger partial charge on any atom is -0.493 e. The molecule has 0 saturated carbocycles. The molecule has 8 heteroatoms. The van der Waals surface area contributed by atoms with E-state index >= 15 is 0 Å². The molecule has 3 N–H and O–H groups in total. The number of aromatic amines is 2. The molecule has 0 fully saturated rings. The molecule has 0 spiro atoms. The van der Waals surface area contributed by atoms with Crippen molar-refractivity contribution in [3.05, 3.63) is 41.3 Å². The minimum absolute atomic E-state index is 0.0174. The second-order valence-corrected chi connectivity index (χ2v) is 6.14. The molecule has 1 aromatic carbocycles. The third-order valence-corrected chi connectivity index (χ3v) is 4.71. The van der Waals surface area contributed by atoms with E-state index in [1.807, 2.05) is 12.1 Å². The lowest BCUT2D eigenvalue weighted by Gasteiger charge is -2.01. The fourth-order valence-electron chi connectivity index (χ4n) is 1.84. The van der Waals surface area contributed by atoms with Gasteiger partial charge in [0.05, 0.1) is 6.20 Å². The topological polar surface area (TPSA) is 90.9 Å². The van der Waals surface area contributed by atoms with Crippen molar-refractivity contribution in [2.24, 2.45) is 0 Å². The summed E-state index contributed by atoms with van der Waals surface area (Å²) in [5.41, 5.74) is 0.715. The molecular weight excluding hydrogens is 286 g/mol. The van der Waals surface area contributed by atoms with Gasteiger partial charge in [-0.3, -0.25) is 0 Å². The number of nitrogens with one attached hydrogen (secondary N) is 2. The molecule has 0 saturated heterocycles. The standard InChI is InChI=1S/C11H9N3O3S2/c15-9-6-14(11(18)13-9)19(16,17)10-5-7-3-1-2-4-8(7)12-10/h1-6,12,15H,(H,13,18). The quantitative estimate of drug-likeness (QED) is 0.630. The number of imidazole rings is 1. The number of fused-ring (bicyclic) bond motifs is 1. The number of hydrogen-bond donors (Lipinski definition) is 3. The lowest BCUT2D eigenvalue weighted by atomic mass is 10.3. The number of aromatic hydroxyl groups is 1. The normalized spacial score (nSPS) is 12.0. The van der Waals surface area contributed by atoms with Crippen molar-refractivity contribution in [1.82, 2.24) is 13.9 Å². The van der Waals surface area contributed by atoms with Crippen LogP contribution in [0.5, 0.6) is 5.88 Å². The van der Waals surface area contributed by atoms with Gasteiger partial charge < -0.3 is 15.1 Å². The van der Waals surface area contributed by atoms with E-state index in [4.69, 9.17) is 12.2 Å². The van der Waals surface area contributed by atoms with E-state index in [0.29, 0.717) is 5.52 Å². The Bertz CT molecular complexity index is 885. The van der Waals surface area contributed by atoms with Gasteiger partial charge in [0.25, 0.3) is 10.0 Å². The molecule has 0 aliphatic rings. The van der Waals surface area contributed by atoms with Crippen LogP contribution in [-0.4, -0.2) is 27.5 Å². The van der Waals surface area contributed by atoms with Gasteiger partial charge in [-0.05, 0) is 24.4 Å². The first-order valence-corrected chi connectivity index (χ1v) is 7.17. The average molecular weight is 295 g/mol. The van der Waals surface area contributed by atoms with E-state index in [9.17, 15) is 13.5 Å². The fraction of sp³-hybridized carbons (Fsp3) is 0. The summed E-state index contributed by atoms with van der Waals surface area (Å²) in [7, 11) is -3.84. The summed E-state index contributed by atoms with van der Waals surface area (Å²) in [5, 5.41) is 10.1. The predicted molar refractivity (Wildman–Crippen MR) is 72.2 cm³/mol. The summed E-state index contributed by atoms with van der Waals surface area (Å²) in [6.45, 7) is 0. The SMILES string of the molecule is O=S(=O)(c1cc2ccccc2[nH]1)n1cc(O)[nH]c1=S. The van der Waals surface area contributed by atoms with Crippen molar-refractivity contribution in [2.75, 3.05) is 0 Å². The molecule has 2 aromatic heterocycles. The van der Waals surface area contributed by atoms with Gasteiger partial charge in [0.2, 0.25) is 5.88 Å². The lowest BCUT2D eigenvalue weighted by molar-refractivity contribution is 0.456. The maximum Gasteiger partial charge on any atom is 0.285 e. The van der Waals surface area contributed by atoms with Gasteiger partial charge in [-0.15, -0.1) is 0 Å². The second kappa shape index (κ2) is 3.97. The number of H-pyrrole nitrogens is 2. The Morgan fingerprint density at radius 1 is 1.21 bits per heavy atom. The molecule has 6 nitrogen and oxygen atoms in total. The van der Waals surface area contributed by atoms with E-state index in [1.165, 1.54) is 6.07 Å². The zero-order chi connectivity index (χ0) is 13.6. The summed E-state index contributed by atoms with van der Waals surface area (Å²) in [6.07, 6.45) is 1.03. The Balaban J connectivity index is 2.25. The van der Waals surface area contributed by atoms with Crippen LogP contribution >= 0.6 is 12.2 Å². The third-order valence-electron chi connectivity index (χ3n) is 2.72. The van der Waals surface area contributed by atoms with Gasteiger partial charge in [0.1, 0.15) is 0 Å². The molecule has 0 unspecified atom stereocenters. The first-order chi connectivity index (χ1) is 8.98. The highest BCUT2D eigenvalue weighted by molar-refractivity contribution is 7.90. The first-order valence-electron chi connectivity index (χ1n) is 5.32. The van der Waals surface area contributed by atoms with Gasteiger partial charge in [-0.2, -0.15) is 8.42 Å². The van der Waals surface area contributed by atoms with Crippen molar-refractivity contribution < 1.29 is 13.5 Å². The second-order valence-electron chi connectivity index (χ2n) is 3.97. The molecule has 19 heavy (non-hydrogen) atoms. The average Bonchev–Trinajstić information content (AvgIpc) is 2.92. The van der Waals surface area contributed by atoms with E-state index in [1.54, 1.807) is 12.1 Å². The number of aromatic nitrogens is 3. The zero-order valence-electron chi connectivity index (χ0n) is 9.49. The molecule has 0 aliphatic carbocycles. The van der Waals surface area contributed by atoms with Gasteiger partial charge in [-0.1, -0.05) is 18.2 Å². The maximum absolute atomic E-state index is 12.4. The highest BCUT2D eigenvalue weighted by Gasteiger charge is 2.21. The summed E-state index contributed by atoms with van der Waals surface area (Å²) < 4.78 is 25.5. The van der Waals surface area contributed by atoms with Crippen LogP contribution in [0.1, 0.15) is 0 Å². The molecule has 0 bridgehead atoms. The summed E-state index contributed by atoms with van der Waals surface area (Å²) >= 11 is 4.86. The largest absolute Gasteiger partial charge is 0.493 e. The van der Waals surface area contributed by atoms with Crippen LogP contribution in [0.15, 0.2) is 41.6 Å². The predicted octanol–water partition coefficient (Wildman–Crippen LogP) is 1.97. The van der Waals surface area contributed by atoms with Crippen LogP contribution in [-0.2, 0) is 10.0 Å². The minimum atomic E-state index is -3.84. The Kier molecular flexibility index (Phi) is 2.51. The molecule has 0 radical (unpaired) electrons. The van der Waals surface area contributed by atoms with E-state index in [-0.39, 0.29) is 15.7 Å². The van der Waals surface area contributed by atoms with Crippen molar-refractivity contribution >= 4 is 33.1 Å². The number of hydrogen-bond acceptors (Lipinski definition) is 4. The van der Waals surface area contributed by atoms with Gasteiger partial charge in [0.15, 0.2) is 9.80 Å². The van der Waals surface area contributed by atoms with E-state index < -0.39 is 10.0 Å². The van der Waals surface area contributed by atoms with Crippen LogP contribution in [0.3, 0.4) is 0 Å². The highest BCUT2D eigenvalue weighted by Crippen LogP contribution is 2.21. The molecule has 98 valence electrons. The molecule has 0 atom stereocenters. The van der Waals surface area contributed by atoms with E-state index in [0.717, 1.165) is 15.6 Å². The van der Waals surface area contributed by atoms with E-state index in [2.05, 4.69) is 9.97 Å². The molecule has 0 aliphatic heterocycles. The van der Waals surface area contributed by atoms with Crippen molar-refractivity contribution in [2.45, 2.75) is 5.03 Å². The molecule has 3 rings (SSSR count). The third kappa shape index (κ3) is 1.85. The van der Waals surface area contributed by atoms with Crippen molar-refractivity contribution in [3.8, 4) is 5.88 Å². The van der Waals surface area contributed by atoms with Crippen molar-refractivity contribution in [3.63, 3.8) is 0 Å². The van der Waals surface area contributed by atoms with Crippen molar-refractivity contribution in [1.29, 1.82) is 0 Å². The summed E-state index contributed by atoms with van der Waals surface area (Å²) in [4.78, 5) is 5.18. The number of benzene rings is 1. The van der Waals surface area contributed by atoms with Crippen LogP contribution in [0.25, 0.3) is 10.9 Å². The smallest absolute Gasteiger partial charge is 0.285 e. The molecular formula is C11H9N3O3S2. The Morgan fingerprint density at radius 3 is 2.58 bits per heavy atom. The number of para-hydroxylation sites is 1. The van der Waals surface area contributed by atoms with Gasteiger partial charge in [0, 0.05) is 10.9 Å². The monoisotopic (exact) mass is 295 g/mol. The lowest BCUT2D eigenvalue weighted by Crippen LogP contribution is -2.12. The Hall–Kier alpha value is -2.06. The molecule has 3 aromatic rings. The van der Waals surface area contributed by atoms with Gasteiger partial charge >= 0.3 is 0 Å².